The Balaban J connectivity index is 1.82. The maximum atomic E-state index is 12.0. The lowest BCUT2D eigenvalue weighted by molar-refractivity contribution is -0.150. The second kappa shape index (κ2) is 6.02. The molecule has 0 saturated heterocycles. The van der Waals surface area contributed by atoms with Gasteiger partial charge in [-0.15, -0.1) is 0 Å². The number of carboxylic acids is 1. The van der Waals surface area contributed by atoms with E-state index in [0.29, 0.717) is 24.7 Å². The van der Waals surface area contributed by atoms with Crippen molar-refractivity contribution in [1.29, 1.82) is 0 Å². The van der Waals surface area contributed by atoms with Crippen LogP contribution in [-0.2, 0) is 4.79 Å². The predicted octanol–water partition coefficient (Wildman–Crippen LogP) is 2.32. The maximum absolute atomic E-state index is 12.0. The second-order valence-electron chi connectivity index (χ2n) is 6.66. The Morgan fingerprint density at radius 3 is 2.40 bits per heavy atom. The van der Waals surface area contributed by atoms with Crippen molar-refractivity contribution in [2.45, 2.75) is 45.4 Å². The van der Waals surface area contributed by atoms with Crippen molar-refractivity contribution in [3.05, 3.63) is 0 Å². The SMILES string of the molecule is CC1CC1CN(C)C(=O)NCC1(C(=O)O)CCCCC1. The maximum Gasteiger partial charge on any atom is 0.317 e. The molecular formula is C15H26N2O3. The van der Waals surface area contributed by atoms with E-state index in [-0.39, 0.29) is 12.6 Å². The van der Waals surface area contributed by atoms with Gasteiger partial charge in [0, 0.05) is 20.1 Å². The van der Waals surface area contributed by atoms with E-state index in [9.17, 15) is 14.7 Å². The van der Waals surface area contributed by atoms with E-state index in [1.807, 2.05) is 0 Å². The number of hydrogen-bond donors (Lipinski definition) is 2. The van der Waals surface area contributed by atoms with Gasteiger partial charge in [-0.1, -0.05) is 26.2 Å². The molecule has 0 heterocycles. The number of nitrogens with one attached hydrogen (secondary N) is 1. The lowest BCUT2D eigenvalue weighted by Gasteiger charge is -2.33. The standard InChI is InChI=1S/C15H26N2O3/c1-11-8-12(11)9-17(2)14(20)16-10-15(13(18)19)6-4-3-5-7-15/h11-12H,3-10H2,1-2H3,(H,16,20)(H,18,19). The molecule has 0 aromatic carbocycles. The summed E-state index contributed by atoms with van der Waals surface area (Å²) in [7, 11) is 1.79. The zero-order chi connectivity index (χ0) is 14.8. The summed E-state index contributed by atoms with van der Waals surface area (Å²) in [6.07, 6.45) is 5.52. The van der Waals surface area contributed by atoms with Gasteiger partial charge in [0.1, 0.15) is 0 Å². The third-order valence-electron chi connectivity index (χ3n) is 4.97. The van der Waals surface area contributed by atoms with Crippen LogP contribution in [0.1, 0.15) is 45.4 Å². The van der Waals surface area contributed by atoms with Crippen molar-refractivity contribution < 1.29 is 14.7 Å². The molecule has 20 heavy (non-hydrogen) atoms. The summed E-state index contributed by atoms with van der Waals surface area (Å²) in [5.41, 5.74) is -0.748. The van der Waals surface area contributed by atoms with E-state index in [0.717, 1.165) is 25.8 Å². The van der Waals surface area contributed by atoms with Gasteiger partial charge in [0.15, 0.2) is 0 Å². The van der Waals surface area contributed by atoms with Gasteiger partial charge in [-0.3, -0.25) is 4.79 Å². The summed E-state index contributed by atoms with van der Waals surface area (Å²) in [5, 5.41) is 12.3. The van der Waals surface area contributed by atoms with Crippen LogP contribution in [0.2, 0.25) is 0 Å². The van der Waals surface area contributed by atoms with Crippen LogP contribution in [-0.4, -0.2) is 42.1 Å². The largest absolute Gasteiger partial charge is 0.481 e. The first-order valence-electron chi connectivity index (χ1n) is 7.67. The van der Waals surface area contributed by atoms with Crippen LogP contribution in [0.3, 0.4) is 0 Å². The average Bonchev–Trinajstić information content (AvgIpc) is 3.12. The molecule has 0 aromatic heterocycles. The van der Waals surface area contributed by atoms with Gasteiger partial charge in [0.2, 0.25) is 0 Å². The first-order valence-corrected chi connectivity index (χ1v) is 7.67. The van der Waals surface area contributed by atoms with Gasteiger partial charge < -0.3 is 15.3 Å². The molecule has 2 aliphatic carbocycles. The van der Waals surface area contributed by atoms with Gasteiger partial charge in [-0.05, 0) is 31.1 Å². The minimum atomic E-state index is -0.768. The molecule has 0 radical (unpaired) electrons. The van der Waals surface area contributed by atoms with Gasteiger partial charge in [-0.25, -0.2) is 4.79 Å². The normalized spacial score (nSPS) is 27.7. The molecule has 5 nitrogen and oxygen atoms in total. The highest BCUT2D eigenvalue weighted by Crippen LogP contribution is 2.38. The Hall–Kier alpha value is -1.26. The number of urea groups is 1. The van der Waals surface area contributed by atoms with Gasteiger partial charge in [0.05, 0.1) is 5.41 Å². The number of amides is 2. The topological polar surface area (TPSA) is 69.6 Å². The number of hydrogen-bond acceptors (Lipinski definition) is 2. The molecular weight excluding hydrogens is 256 g/mol. The number of rotatable bonds is 5. The van der Waals surface area contributed by atoms with Crippen molar-refractivity contribution in [2.75, 3.05) is 20.1 Å². The first-order chi connectivity index (χ1) is 9.44. The molecule has 2 amide bonds. The number of carbonyl (C=O) groups excluding carboxylic acids is 1. The van der Waals surface area contributed by atoms with Crippen LogP contribution >= 0.6 is 0 Å². The quantitative estimate of drug-likeness (QED) is 0.813. The molecule has 0 spiro atoms. The minimum absolute atomic E-state index is 0.143. The van der Waals surface area contributed by atoms with Gasteiger partial charge >= 0.3 is 12.0 Å². The second-order valence-corrected chi connectivity index (χ2v) is 6.66. The highest BCUT2D eigenvalue weighted by molar-refractivity contribution is 5.78. The van der Waals surface area contributed by atoms with E-state index in [4.69, 9.17) is 0 Å². The number of carboxylic acid groups (broad SMARTS) is 1. The number of nitrogens with zero attached hydrogens (tertiary/aromatic N) is 1. The monoisotopic (exact) mass is 282 g/mol. The molecule has 2 fully saturated rings. The smallest absolute Gasteiger partial charge is 0.317 e. The van der Waals surface area contributed by atoms with Crippen molar-refractivity contribution in [3.8, 4) is 0 Å². The Bertz CT molecular complexity index is 377. The fourth-order valence-electron chi connectivity index (χ4n) is 3.16. The summed E-state index contributed by atoms with van der Waals surface area (Å²) >= 11 is 0. The highest BCUT2D eigenvalue weighted by Gasteiger charge is 2.40. The van der Waals surface area contributed by atoms with Crippen molar-refractivity contribution in [2.24, 2.45) is 17.3 Å². The van der Waals surface area contributed by atoms with Crippen LogP contribution in [0.25, 0.3) is 0 Å². The average molecular weight is 282 g/mol. The lowest BCUT2D eigenvalue weighted by atomic mass is 9.74. The molecule has 114 valence electrons. The molecule has 2 saturated carbocycles. The first kappa shape index (κ1) is 15.1. The van der Waals surface area contributed by atoms with Crippen LogP contribution < -0.4 is 5.32 Å². The van der Waals surface area contributed by atoms with E-state index >= 15 is 0 Å². The zero-order valence-electron chi connectivity index (χ0n) is 12.5. The Morgan fingerprint density at radius 2 is 1.90 bits per heavy atom. The Kier molecular flexibility index (Phi) is 4.55. The number of carbonyl (C=O) groups is 2. The third kappa shape index (κ3) is 3.44. The third-order valence-corrected chi connectivity index (χ3v) is 4.97. The van der Waals surface area contributed by atoms with Gasteiger partial charge in [0.25, 0.3) is 0 Å². The number of aliphatic carboxylic acids is 1. The summed E-state index contributed by atoms with van der Waals surface area (Å²) in [6.45, 7) is 3.22. The van der Waals surface area contributed by atoms with Crippen LogP contribution in [0.5, 0.6) is 0 Å². The van der Waals surface area contributed by atoms with Crippen molar-refractivity contribution >= 4 is 12.0 Å². The van der Waals surface area contributed by atoms with Crippen molar-refractivity contribution in [1.82, 2.24) is 10.2 Å². The van der Waals surface area contributed by atoms with Gasteiger partial charge in [-0.2, -0.15) is 0 Å². The summed E-state index contributed by atoms with van der Waals surface area (Å²) in [4.78, 5) is 25.3. The lowest BCUT2D eigenvalue weighted by Crippen LogP contribution is -2.48. The minimum Gasteiger partial charge on any atom is -0.481 e. The molecule has 2 rings (SSSR count). The fraction of sp³-hybridized carbons (Fsp3) is 0.867. The molecule has 2 unspecified atom stereocenters. The summed E-state index contributed by atoms with van der Waals surface area (Å²) in [6, 6.07) is -0.143. The molecule has 0 bridgehead atoms. The van der Waals surface area contributed by atoms with Crippen LogP contribution in [0.15, 0.2) is 0 Å². The van der Waals surface area contributed by atoms with E-state index in [2.05, 4.69) is 12.2 Å². The summed E-state index contributed by atoms with van der Waals surface area (Å²) in [5.74, 6) is 0.568. The van der Waals surface area contributed by atoms with Crippen molar-refractivity contribution in [3.63, 3.8) is 0 Å². The molecule has 2 atom stereocenters. The van der Waals surface area contributed by atoms with E-state index in [1.165, 1.54) is 6.42 Å². The molecule has 0 aromatic rings. The van der Waals surface area contributed by atoms with E-state index < -0.39 is 11.4 Å². The molecule has 5 heteroatoms. The van der Waals surface area contributed by atoms with Crippen LogP contribution in [0, 0.1) is 17.3 Å². The molecule has 2 N–H and O–H groups in total. The molecule has 2 aliphatic rings. The Labute approximate surface area is 120 Å². The van der Waals surface area contributed by atoms with E-state index in [1.54, 1.807) is 11.9 Å². The zero-order valence-corrected chi connectivity index (χ0v) is 12.5. The Morgan fingerprint density at radius 1 is 1.30 bits per heavy atom. The molecule has 0 aliphatic heterocycles. The highest BCUT2D eigenvalue weighted by atomic mass is 16.4. The predicted molar refractivity (Wildman–Crippen MR) is 76.5 cm³/mol. The summed E-state index contributed by atoms with van der Waals surface area (Å²) < 4.78 is 0. The van der Waals surface area contributed by atoms with Crippen LogP contribution in [0.4, 0.5) is 4.79 Å². The fourth-order valence-corrected chi connectivity index (χ4v) is 3.16.